The van der Waals surface area contributed by atoms with Crippen molar-refractivity contribution in [3.63, 3.8) is 0 Å². The van der Waals surface area contributed by atoms with Gasteiger partial charge in [-0.2, -0.15) is 0 Å². The van der Waals surface area contributed by atoms with Gasteiger partial charge in [0.25, 0.3) is 0 Å². The first kappa shape index (κ1) is 12.4. The fraction of sp³-hybridized carbons (Fsp3) is 0.500. The van der Waals surface area contributed by atoms with Crippen molar-refractivity contribution in [3.8, 4) is 0 Å². The van der Waals surface area contributed by atoms with Crippen molar-refractivity contribution in [2.45, 2.75) is 12.9 Å². The number of alkyl halides is 4. The predicted molar refractivity (Wildman–Crippen MR) is 24.2 cm³/mol. The number of hydrogen-bond donors (Lipinski definition) is 0. The topological polar surface area (TPSA) is 52.6 Å². The molecule has 0 bridgehead atoms. The molecule has 0 aliphatic rings. The van der Waals surface area contributed by atoms with Gasteiger partial charge in [-0.05, 0) is 0 Å². The van der Waals surface area contributed by atoms with Gasteiger partial charge in [0.05, 0.1) is 0 Å². The van der Waals surface area contributed by atoms with Gasteiger partial charge in [-0.25, -0.2) is 0 Å². The Morgan fingerprint density at radius 2 is 1.23 bits per heavy atom. The second kappa shape index (κ2) is 5.94. The van der Waals surface area contributed by atoms with E-state index in [1.165, 1.54) is 0 Å². The van der Waals surface area contributed by atoms with Crippen LogP contribution in [0, 0.1) is 0 Å². The maximum atomic E-state index is 11.4. The summed E-state index contributed by atoms with van der Waals surface area (Å²) in [5, 5.41) is 0. The van der Waals surface area contributed by atoms with E-state index in [0.717, 1.165) is 0 Å². The average Bonchev–Trinajstić information content (AvgIpc) is 2.03. The van der Waals surface area contributed by atoms with Gasteiger partial charge >= 0.3 is 80.1 Å². The van der Waals surface area contributed by atoms with Gasteiger partial charge in [-0.15, -0.1) is 0 Å². The summed E-state index contributed by atoms with van der Waals surface area (Å²) in [4.78, 5) is 19.9. The Kier molecular flexibility index (Phi) is 5.66. The van der Waals surface area contributed by atoms with Crippen LogP contribution in [-0.2, 0) is 15.7 Å². The third kappa shape index (κ3) is 5.60. The van der Waals surface area contributed by atoms with Gasteiger partial charge in [-0.1, -0.05) is 0 Å². The van der Waals surface area contributed by atoms with Crippen molar-refractivity contribution >= 4 is 11.9 Å². The fourth-order valence-electron chi connectivity index (χ4n) is 0.145. The molecule has 0 saturated heterocycles. The van der Waals surface area contributed by atoms with Crippen LogP contribution >= 0.6 is 0 Å². The molecular weight excluding hydrogens is 315 g/mol. The molecule has 0 aliphatic heterocycles. The third-order valence-corrected chi connectivity index (χ3v) is 1.80. The molecule has 0 saturated carbocycles. The summed E-state index contributed by atoms with van der Waals surface area (Å²) in [6.45, 7) is 0. The Bertz CT molecular complexity index is 177. The van der Waals surface area contributed by atoms with E-state index in [2.05, 4.69) is 6.13 Å². The van der Waals surface area contributed by atoms with Crippen molar-refractivity contribution in [1.29, 1.82) is 0 Å². The van der Waals surface area contributed by atoms with E-state index in [-0.39, 0.29) is 0 Å². The summed E-state index contributed by atoms with van der Waals surface area (Å²) in [6, 6.07) is 0. The maximum absolute atomic E-state index is 11.4. The van der Waals surface area contributed by atoms with Crippen molar-refractivity contribution in [2.75, 3.05) is 0 Å². The summed E-state index contributed by atoms with van der Waals surface area (Å²) in [6.07, 6.45) is -6.71. The molecule has 0 radical (unpaired) electrons. The molecule has 0 aromatic carbocycles. The van der Waals surface area contributed by atoms with E-state index in [4.69, 9.17) is 0 Å². The fourth-order valence-corrected chi connectivity index (χ4v) is 0.974. The molecule has 0 atom stereocenters. The van der Waals surface area contributed by atoms with Crippen molar-refractivity contribution in [1.82, 2.24) is 0 Å². The Hall–Kier alpha value is -0.610. The Labute approximate surface area is 80.5 Å². The molecule has 0 unspecified atom stereocenters. The van der Waals surface area contributed by atoms with E-state index in [0.29, 0.717) is 0 Å². The number of hydrogen-bond acceptors (Lipinski definition) is 4. The molecular formula is C4H2F4IO4-. The average molecular weight is 317 g/mol. The van der Waals surface area contributed by atoms with Gasteiger partial charge < -0.3 is 0 Å². The summed E-state index contributed by atoms with van der Waals surface area (Å²) in [5.41, 5.74) is 0. The van der Waals surface area contributed by atoms with Crippen molar-refractivity contribution in [2.24, 2.45) is 0 Å². The minimum atomic E-state index is -3.36. The summed E-state index contributed by atoms with van der Waals surface area (Å²) in [5.74, 6) is -3.79. The summed E-state index contributed by atoms with van der Waals surface area (Å²) in [7, 11) is 0. The van der Waals surface area contributed by atoms with Crippen LogP contribution in [0.5, 0.6) is 0 Å². The van der Waals surface area contributed by atoms with Crippen LogP contribution in [0.3, 0.4) is 0 Å². The van der Waals surface area contributed by atoms with E-state index in [1.807, 2.05) is 0 Å². The van der Waals surface area contributed by atoms with E-state index < -0.39 is 46.8 Å². The van der Waals surface area contributed by atoms with Gasteiger partial charge in [0.15, 0.2) is 0 Å². The normalized spacial score (nSPS) is 10.6. The molecule has 0 aromatic rings. The summed E-state index contributed by atoms with van der Waals surface area (Å²) < 4.78 is 52.8. The van der Waals surface area contributed by atoms with Gasteiger partial charge in [0.2, 0.25) is 0 Å². The van der Waals surface area contributed by atoms with E-state index in [1.54, 1.807) is 0 Å². The monoisotopic (exact) mass is 317 g/mol. The number of halogens is 5. The quantitative estimate of drug-likeness (QED) is 0.426. The molecule has 4 nitrogen and oxygen atoms in total. The second-order valence-corrected chi connectivity index (χ2v) is 2.70. The molecule has 13 heavy (non-hydrogen) atoms. The first-order valence-electron chi connectivity index (χ1n) is 2.58. The van der Waals surface area contributed by atoms with Crippen LogP contribution in [-0.4, -0.2) is 24.8 Å². The first-order chi connectivity index (χ1) is 5.95. The number of rotatable bonds is 4. The zero-order valence-electron chi connectivity index (χ0n) is 5.68. The van der Waals surface area contributed by atoms with Crippen LogP contribution in [0.4, 0.5) is 17.6 Å². The van der Waals surface area contributed by atoms with Crippen LogP contribution in [0.1, 0.15) is 0 Å². The standard InChI is InChI=1S/C4H2F4IO4/c5-1(6)3(10)12-9-13-4(11)2(7)8/h1-2H/q-1. The molecule has 0 rings (SSSR count). The molecule has 0 N–H and O–H groups in total. The van der Waals surface area contributed by atoms with Crippen LogP contribution in [0.15, 0.2) is 0 Å². The molecule has 0 aliphatic carbocycles. The Morgan fingerprint density at radius 1 is 0.923 bits per heavy atom. The molecule has 0 fully saturated rings. The SMILES string of the molecule is O=C(O[I-]OC(=O)C(F)F)C(F)F. The van der Waals surface area contributed by atoms with Gasteiger partial charge in [0, 0.05) is 0 Å². The van der Waals surface area contributed by atoms with Crippen molar-refractivity contribution in [3.05, 3.63) is 0 Å². The second-order valence-electron chi connectivity index (χ2n) is 1.46. The van der Waals surface area contributed by atoms with Crippen LogP contribution < -0.4 is 22.0 Å². The first-order valence-corrected chi connectivity index (χ1v) is 4.34. The molecule has 0 spiro atoms. The number of carbonyl (C=O) groups excluding carboxylic acids is 2. The zero-order valence-corrected chi connectivity index (χ0v) is 7.84. The molecule has 78 valence electrons. The molecule has 9 heteroatoms. The van der Waals surface area contributed by atoms with E-state index in [9.17, 15) is 27.2 Å². The number of carbonyl (C=O) groups is 2. The third-order valence-electron chi connectivity index (χ3n) is 0.571. The zero-order chi connectivity index (χ0) is 10.4. The van der Waals surface area contributed by atoms with Gasteiger partial charge in [0.1, 0.15) is 0 Å². The minimum absolute atomic E-state index is 1.89. The molecule has 0 amide bonds. The van der Waals surface area contributed by atoms with Gasteiger partial charge in [-0.3, -0.25) is 0 Å². The predicted octanol–water partition coefficient (Wildman–Crippen LogP) is -2.48. The summed E-state index contributed by atoms with van der Waals surface area (Å²) >= 11 is -2.18. The van der Waals surface area contributed by atoms with Crippen LogP contribution in [0.2, 0.25) is 0 Å². The van der Waals surface area contributed by atoms with Crippen molar-refractivity contribution < 1.29 is 55.3 Å². The molecule has 0 heterocycles. The molecule has 0 aromatic heterocycles. The van der Waals surface area contributed by atoms with Crippen LogP contribution in [0.25, 0.3) is 0 Å². The Balaban J connectivity index is 3.57. The van der Waals surface area contributed by atoms with E-state index >= 15 is 0 Å². The Morgan fingerprint density at radius 3 is 1.46 bits per heavy atom.